The number of unbranched alkanes of at least 4 members (excludes halogenated alkanes) is 1. The Morgan fingerprint density at radius 3 is 2.30 bits per heavy atom. The lowest BCUT2D eigenvalue weighted by Crippen LogP contribution is -2.02. The number of halogens is 1. The van der Waals surface area contributed by atoms with Crippen LogP contribution in [0.4, 0.5) is 4.39 Å². The van der Waals surface area contributed by atoms with Gasteiger partial charge in [-0.2, -0.15) is 0 Å². The maximum atomic E-state index is 13.3. The van der Waals surface area contributed by atoms with E-state index in [0.717, 1.165) is 48.4 Å². The fourth-order valence-electron chi connectivity index (χ4n) is 3.34. The number of rotatable bonds is 9. The molecule has 0 aliphatic rings. The van der Waals surface area contributed by atoms with Crippen molar-refractivity contribution >= 4 is 0 Å². The van der Waals surface area contributed by atoms with Crippen LogP contribution in [-0.4, -0.2) is 24.2 Å². The van der Waals surface area contributed by atoms with Gasteiger partial charge in [0.1, 0.15) is 17.3 Å². The van der Waals surface area contributed by atoms with E-state index in [9.17, 15) is 4.39 Å². The van der Waals surface area contributed by atoms with Crippen LogP contribution < -0.4 is 9.47 Å². The molecular formula is C22H25FN2O2. The third-order valence-corrected chi connectivity index (χ3v) is 4.79. The maximum Gasteiger partial charge on any atom is 0.123 e. The molecule has 1 aromatic heterocycles. The Labute approximate surface area is 159 Å². The smallest absolute Gasteiger partial charge is 0.123 e. The minimum atomic E-state index is -0.214. The molecule has 0 amide bonds. The Morgan fingerprint density at radius 2 is 1.70 bits per heavy atom. The predicted molar refractivity (Wildman–Crippen MR) is 104 cm³/mol. The quantitative estimate of drug-likeness (QED) is 0.534. The Morgan fingerprint density at radius 1 is 1.00 bits per heavy atom. The highest BCUT2D eigenvalue weighted by atomic mass is 19.1. The molecule has 1 N–H and O–H groups in total. The van der Waals surface area contributed by atoms with Crippen molar-refractivity contribution in [3.8, 4) is 11.5 Å². The number of aromatic nitrogens is 2. The van der Waals surface area contributed by atoms with Gasteiger partial charge in [0.15, 0.2) is 0 Å². The number of hydrogen-bond acceptors (Lipinski definition) is 3. The van der Waals surface area contributed by atoms with Crippen LogP contribution in [0.3, 0.4) is 0 Å². The van der Waals surface area contributed by atoms with Crippen LogP contribution in [-0.2, 0) is 6.42 Å². The molecule has 27 heavy (non-hydrogen) atoms. The molecule has 0 bridgehead atoms. The van der Waals surface area contributed by atoms with Crippen molar-refractivity contribution in [1.82, 2.24) is 9.97 Å². The van der Waals surface area contributed by atoms with E-state index < -0.39 is 0 Å². The first-order valence-corrected chi connectivity index (χ1v) is 9.15. The summed E-state index contributed by atoms with van der Waals surface area (Å²) in [6.45, 7) is 0. The zero-order valence-electron chi connectivity index (χ0n) is 15.7. The molecule has 0 aliphatic carbocycles. The van der Waals surface area contributed by atoms with E-state index in [-0.39, 0.29) is 11.7 Å². The fraction of sp³-hybridized carbons (Fsp3) is 0.318. The molecule has 0 radical (unpaired) electrons. The SMILES string of the molecule is COc1cc(CCCCC(c2ccc(F)cc2)c2cnc[nH]2)cc(OC)c1. The highest BCUT2D eigenvalue weighted by Gasteiger charge is 2.15. The molecule has 2 aromatic carbocycles. The van der Waals surface area contributed by atoms with Gasteiger partial charge in [-0.1, -0.05) is 18.6 Å². The molecule has 3 aromatic rings. The number of H-pyrrole nitrogens is 1. The number of hydrogen-bond donors (Lipinski definition) is 1. The van der Waals surface area contributed by atoms with Gasteiger partial charge in [-0.15, -0.1) is 0 Å². The largest absolute Gasteiger partial charge is 0.497 e. The normalized spacial score (nSPS) is 12.0. The summed E-state index contributed by atoms with van der Waals surface area (Å²) in [7, 11) is 3.33. The number of methoxy groups -OCH3 is 2. The highest BCUT2D eigenvalue weighted by molar-refractivity contribution is 5.38. The van der Waals surface area contributed by atoms with E-state index in [1.54, 1.807) is 20.5 Å². The lowest BCUT2D eigenvalue weighted by molar-refractivity contribution is 0.393. The van der Waals surface area contributed by atoms with Crippen molar-refractivity contribution in [2.24, 2.45) is 0 Å². The first-order valence-electron chi connectivity index (χ1n) is 9.15. The summed E-state index contributed by atoms with van der Waals surface area (Å²) in [5.41, 5.74) is 3.36. The van der Waals surface area contributed by atoms with Crippen molar-refractivity contribution in [2.45, 2.75) is 31.6 Å². The summed E-state index contributed by atoms with van der Waals surface area (Å²) in [5, 5.41) is 0. The van der Waals surface area contributed by atoms with Crippen molar-refractivity contribution < 1.29 is 13.9 Å². The van der Waals surface area contributed by atoms with Crippen LogP contribution in [0, 0.1) is 5.82 Å². The summed E-state index contributed by atoms with van der Waals surface area (Å²) in [4.78, 5) is 7.34. The average molecular weight is 368 g/mol. The summed E-state index contributed by atoms with van der Waals surface area (Å²) in [6, 6.07) is 12.7. The summed E-state index contributed by atoms with van der Waals surface area (Å²) < 4.78 is 23.9. The third-order valence-electron chi connectivity index (χ3n) is 4.79. The maximum absolute atomic E-state index is 13.3. The van der Waals surface area contributed by atoms with E-state index in [1.807, 2.05) is 24.4 Å². The Bertz CT molecular complexity index is 810. The first kappa shape index (κ1) is 19.0. The molecular weight excluding hydrogens is 343 g/mol. The molecule has 5 heteroatoms. The third kappa shape index (κ3) is 5.09. The van der Waals surface area contributed by atoms with Gasteiger partial charge in [-0.05, 0) is 54.7 Å². The van der Waals surface area contributed by atoms with Gasteiger partial charge in [-0.3, -0.25) is 0 Å². The van der Waals surface area contributed by atoms with Crippen LogP contribution in [0.1, 0.15) is 42.0 Å². The predicted octanol–water partition coefficient (Wildman–Crippen LogP) is 5.11. The van der Waals surface area contributed by atoms with Crippen LogP contribution in [0.25, 0.3) is 0 Å². The minimum absolute atomic E-state index is 0.188. The lowest BCUT2D eigenvalue weighted by atomic mass is 9.90. The number of nitrogens with one attached hydrogen (secondary N) is 1. The molecule has 1 heterocycles. The number of ether oxygens (including phenoxy) is 2. The van der Waals surface area contributed by atoms with E-state index in [2.05, 4.69) is 22.1 Å². The zero-order chi connectivity index (χ0) is 19.1. The molecule has 0 saturated carbocycles. The Hall–Kier alpha value is -2.82. The molecule has 0 spiro atoms. The number of imidazole rings is 1. The van der Waals surface area contributed by atoms with Gasteiger partial charge in [-0.25, -0.2) is 9.37 Å². The summed E-state index contributed by atoms with van der Waals surface area (Å²) in [6.07, 6.45) is 7.54. The molecule has 0 fully saturated rings. The molecule has 142 valence electrons. The van der Waals surface area contributed by atoms with E-state index >= 15 is 0 Å². The van der Waals surface area contributed by atoms with Crippen molar-refractivity contribution in [2.75, 3.05) is 14.2 Å². The average Bonchev–Trinajstić information content (AvgIpc) is 3.23. The molecule has 4 nitrogen and oxygen atoms in total. The molecule has 3 rings (SSSR count). The topological polar surface area (TPSA) is 47.1 Å². The van der Waals surface area contributed by atoms with E-state index in [1.165, 1.54) is 17.7 Å². The molecule has 0 saturated heterocycles. The van der Waals surface area contributed by atoms with Gasteiger partial charge in [0, 0.05) is 23.9 Å². The van der Waals surface area contributed by atoms with Gasteiger partial charge in [0.2, 0.25) is 0 Å². The number of benzene rings is 2. The van der Waals surface area contributed by atoms with Gasteiger partial charge in [0.05, 0.1) is 20.5 Å². The second kappa shape index (κ2) is 9.21. The van der Waals surface area contributed by atoms with Gasteiger partial charge < -0.3 is 14.5 Å². The number of nitrogens with zero attached hydrogens (tertiary/aromatic N) is 1. The lowest BCUT2D eigenvalue weighted by Gasteiger charge is -2.16. The van der Waals surface area contributed by atoms with E-state index in [0.29, 0.717) is 0 Å². The fourth-order valence-corrected chi connectivity index (χ4v) is 3.34. The Kier molecular flexibility index (Phi) is 6.47. The number of aromatic amines is 1. The Balaban J connectivity index is 1.62. The summed E-state index contributed by atoms with van der Waals surface area (Å²) >= 11 is 0. The van der Waals surface area contributed by atoms with Gasteiger partial charge in [0.25, 0.3) is 0 Å². The van der Waals surface area contributed by atoms with Crippen LogP contribution in [0.5, 0.6) is 11.5 Å². The van der Waals surface area contributed by atoms with Crippen LogP contribution in [0.15, 0.2) is 55.0 Å². The monoisotopic (exact) mass is 368 g/mol. The summed E-state index contributed by atoms with van der Waals surface area (Å²) in [5.74, 6) is 1.60. The van der Waals surface area contributed by atoms with Crippen LogP contribution >= 0.6 is 0 Å². The number of aryl methyl sites for hydroxylation is 1. The van der Waals surface area contributed by atoms with Crippen LogP contribution in [0.2, 0.25) is 0 Å². The standard InChI is InChI=1S/C22H25FN2O2/c1-26-19-11-16(12-20(13-19)27-2)5-3-4-6-21(22-14-24-15-25-22)17-7-9-18(23)10-8-17/h7-15,21H,3-6H2,1-2H3,(H,24,25). The molecule has 1 atom stereocenters. The minimum Gasteiger partial charge on any atom is -0.497 e. The zero-order valence-corrected chi connectivity index (χ0v) is 15.7. The van der Waals surface area contributed by atoms with E-state index in [4.69, 9.17) is 9.47 Å². The highest BCUT2D eigenvalue weighted by Crippen LogP contribution is 2.29. The molecule has 1 unspecified atom stereocenters. The molecule has 0 aliphatic heterocycles. The van der Waals surface area contributed by atoms with Gasteiger partial charge >= 0.3 is 0 Å². The first-order chi connectivity index (χ1) is 13.2. The van der Waals surface area contributed by atoms with Crippen molar-refractivity contribution in [3.63, 3.8) is 0 Å². The second-order valence-electron chi connectivity index (χ2n) is 6.58. The second-order valence-corrected chi connectivity index (χ2v) is 6.58. The van der Waals surface area contributed by atoms with Crippen molar-refractivity contribution in [1.29, 1.82) is 0 Å². The van der Waals surface area contributed by atoms with Crippen molar-refractivity contribution in [3.05, 3.63) is 77.6 Å².